The summed E-state index contributed by atoms with van der Waals surface area (Å²) in [6.07, 6.45) is 5.45. The number of aromatic nitrogens is 2. The zero-order chi connectivity index (χ0) is 18.2. The minimum atomic E-state index is -0.0526. The van der Waals surface area contributed by atoms with E-state index in [1.807, 2.05) is 33.0 Å². The van der Waals surface area contributed by atoms with Gasteiger partial charge in [0.25, 0.3) is 0 Å². The Kier molecular flexibility index (Phi) is 6.92. The summed E-state index contributed by atoms with van der Waals surface area (Å²) >= 11 is 0. The van der Waals surface area contributed by atoms with E-state index < -0.39 is 0 Å². The van der Waals surface area contributed by atoms with E-state index in [1.165, 1.54) is 11.9 Å². The molecule has 0 saturated heterocycles. The fraction of sp³-hybridized carbons (Fsp3) is 0.450. The summed E-state index contributed by atoms with van der Waals surface area (Å²) in [5.41, 5.74) is 3.23. The number of carbonyl (C=O) groups excluding carboxylic acids is 1. The molecule has 0 aliphatic heterocycles. The molecule has 5 nitrogen and oxygen atoms in total. The number of nitrogens with zero attached hydrogens (tertiary/aromatic N) is 3. The third-order valence-corrected chi connectivity index (χ3v) is 4.40. The summed E-state index contributed by atoms with van der Waals surface area (Å²) in [5, 5.41) is 0. The third kappa shape index (κ3) is 5.28. The van der Waals surface area contributed by atoms with E-state index in [1.54, 1.807) is 11.1 Å². The largest absolute Gasteiger partial charge is 0.494 e. The maximum Gasteiger partial charge on any atom is 0.222 e. The van der Waals surface area contributed by atoms with Gasteiger partial charge in [-0.15, -0.1) is 0 Å². The number of rotatable bonds is 8. The van der Waals surface area contributed by atoms with Gasteiger partial charge in [-0.2, -0.15) is 0 Å². The average molecular weight is 341 g/mol. The molecule has 0 N–H and O–H groups in total. The highest BCUT2D eigenvalue weighted by Crippen LogP contribution is 2.21. The molecule has 1 aromatic carbocycles. The van der Waals surface area contributed by atoms with Crippen LogP contribution < -0.4 is 4.74 Å². The van der Waals surface area contributed by atoms with Crippen LogP contribution in [-0.2, 0) is 11.2 Å². The van der Waals surface area contributed by atoms with E-state index in [2.05, 4.69) is 29.0 Å². The van der Waals surface area contributed by atoms with Gasteiger partial charge in [-0.1, -0.05) is 12.1 Å². The Bertz CT molecular complexity index is 689. The van der Waals surface area contributed by atoms with Crippen molar-refractivity contribution in [2.75, 3.05) is 13.7 Å². The number of aryl methyl sites for hydroxylation is 2. The van der Waals surface area contributed by atoms with Crippen LogP contribution in [0.25, 0.3) is 0 Å². The minimum Gasteiger partial charge on any atom is -0.494 e. The molecule has 134 valence electrons. The molecule has 1 heterocycles. The monoisotopic (exact) mass is 341 g/mol. The van der Waals surface area contributed by atoms with Crippen LogP contribution in [0.1, 0.15) is 49.6 Å². The maximum atomic E-state index is 12.4. The SMILES string of the molecule is CCOc1ccc(CCCC(=O)N(C)[C@H](C)c2ccncn2)cc1C. The molecule has 0 unspecified atom stereocenters. The number of benzene rings is 1. The van der Waals surface area contributed by atoms with Crippen molar-refractivity contribution in [2.24, 2.45) is 0 Å². The van der Waals surface area contributed by atoms with Crippen LogP contribution in [0.15, 0.2) is 36.8 Å². The lowest BCUT2D eigenvalue weighted by atomic mass is 10.0. The van der Waals surface area contributed by atoms with E-state index in [4.69, 9.17) is 4.74 Å². The van der Waals surface area contributed by atoms with Gasteiger partial charge in [0.1, 0.15) is 12.1 Å². The highest BCUT2D eigenvalue weighted by atomic mass is 16.5. The van der Waals surface area contributed by atoms with Crippen molar-refractivity contribution in [1.82, 2.24) is 14.9 Å². The number of amides is 1. The first-order valence-corrected chi connectivity index (χ1v) is 8.76. The average Bonchev–Trinajstić information content (AvgIpc) is 2.63. The van der Waals surface area contributed by atoms with Crippen molar-refractivity contribution in [1.29, 1.82) is 0 Å². The third-order valence-electron chi connectivity index (χ3n) is 4.40. The summed E-state index contributed by atoms with van der Waals surface area (Å²) in [7, 11) is 1.83. The predicted molar refractivity (Wildman–Crippen MR) is 98.5 cm³/mol. The Balaban J connectivity index is 1.84. The second-order valence-electron chi connectivity index (χ2n) is 6.20. The van der Waals surface area contributed by atoms with Gasteiger partial charge in [0.15, 0.2) is 0 Å². The van der Waals surface area contributed by atoms with E-state index in [9.17, 15) is 4.79 Å². The molecule has 2 aromatic rings. The number of hydrogen-bond acceptors (Lipinski definition) is 4. The molecular formula is C20H27N3O2. The van der Waals surface area contributed by atoms with Crippen molar-refractivity contribution in [2.45, 2.75) is 46.1 Å². The fourth-order valence-electron chi connectivity index (χ4n) is 2.77. The van der Waals surface area contributed by atoms with Gasteiger partial charge in [-0.25, -0.2) is 9.97 Å². The summed E-state index contributed by atoms with van der Waals surface area (Å²) < 4.78 is 5.56. The van der Waals surface area contributed by atoms with Crippen molar-refractivity contribution in [3.8, 4) is 5.75 Å². The van der Waals surface area contributed by atoms with Crippen LogP contribution in [0, 0.1) is 6.92 Å². The zero-order valence-corrected chi connectivity index (χ0v) is 15.5. The molecule has 1 aromatic heterocycles. The van der Waals surface area contributed by atoms with E-state index >= 15 is 0 Å². The van der Waals surface area contributed by atoms with Crippen LogP contribution >= 0.6 is 0 Å². The Morgan fingerprint density at radius 1 is 1.32 bits per heavy atom. The molecule has 5 heteroatoms. The summed E-state index contributed by atoms with van der Waals surface area (Å²) in [5.74, 6) is 1.06. The first-order chi connectivity index (χ1) is 12.0. The predicted octanol–water partition coefficient (Wildman–Crippen LogP) is 3.73. The van der Waals surface area contributed by atoms with Gasteiger partial charge in [0.2, 0.25) is 5.91 Å². The normalized spacial score (nSPS) is 11.8. The second kappa shape index (κ2) is 9.16. The lowest BCUT2D eigenvalue weighted by Gasteiger charge is -2.24. The molecule has 0 fully saturated rings. The van der Waals surface area contributed by atoms with Gasteiger partial charge >= 0.3 is 0 Å². The van der Waals surface area contributed by atoms with Crippen LogP contribution in [0.4, 0.5) is 0 Å². The summed E-state index contributed by atoms with van der Waals surface area (Å²) in [6, 6.07) is 8.03. The second-order valence-corrected chi connectivity index (χ2v) is 6.20. The van der Waals surface area contributed by atoms with Gasteiger partial charge < -0.3 is 9.64 Å². The number of hydrogen-bond donors (Lipinski definition) is 0. The topological polar surface area (TPSA) is 55.3 Å². The Hall–Kier alpha value is -2.43. The Morgan fingerprint density at radius 3 is 2.76 bits per heavy atom. The van der Waals surface area contributed by atoms with E-state index in [-0.39, 0.29) is 11.9 Å². The smallest absolute Gasteiger partial charge is 0.222 e. The van der Waals surface area contributed by atoms with Crippen LogP contribution in [0.5, 0.6) is 5.75 Å². The first-order valence-electron chi connectivity index (χ1n) is 8.76. The molecule has 1 atom stereocenters. The Labute approximate surface area is 150 Å². The van der Waals surface area contributed by atoms with Crippen molar-refractivity contribution in [3.05, 3.63) is 53.6 Å². The first kappa shape index (κ1) is 18.9. The maximum absolute atomic E-state index is 12.4. The van der Waals surface area contributed by atoms with Crippen molar-refractivity contribution < 1.29 is 9.53 Å². The Morgan fingerprint density at radius 2 is 2.12 bits per heavy atom. The van der Waals surface area contributed by atoms with Crippen molar-refractivity contribution >= 4 is 5.91 Å². The van der Waals surface area contributed by atoms with Crippen LogP contribution in [-0.4, -0.2) is 34.4 Å². The highest BCUT2D eigenvalue weighted by molar-refractivity contribution is 5.76. The van der Waals surface area contributed by atoms with Gasteiger partial charge in [-0.05, 0) is 56.9 Å². The summed E-state index contributed by atoms with van der Waals surface area (Å²) in [4.78, 5) is 22.3. The summed E-state index contributed by atoms with van der Waals surface area (Å²) in [6.45, 7) is 6.69. The highest BCUT2D eigenvalue weighted by Gasteiger charge is 2.17. The van der Waals surface area contributed by atoms with Crippen LogP contribution in [0.3, 0.4) is 0 Å². The number of carbonyl (C=O) groups is 1. The standard InChI is InChI=1S/C20H27N3O2/c1-5-25-19-10-9-17(13-15(19)2)7-6-8-20(24)23(4)16(3)18-11-12-21-14-22-18/h9-14,16H,5-8H2,1-4H3/t16-/m1/s1. The van der Waals surface area contributed by atoms with Crippen molar-refractivity contribution in [3.63, 3.8) is 0 Å². The molecule has 0 radical (unpaired) electrons. The lowest BCUT2D eigenvalue weighted by Crippen LogP contribution is -2.30. The molecule has 1 amide bonds. The van der Waals surface area contributed by atoms with Gasteiger partial charge in [0.05, 0.1) is 18.3 Å². The van der Waals surface area contributed by atoms with Gasteiger partial charge in [0, 0.05) is 19.7 Å². The van der Waals surface area contributed by atoms with E-state index in [0.29, 0.717) is 13.0 Å². The molecule has 0 spiro atoms. The fourth-order valence-corrected chi connectivity index (χ4v) is 2.77. The quantitative estimate of drug-likeness (QED) is 0.734. The molecule has 0 aliphatic rings. The molecule has 0 saturated carbocycles. The minimum absolute atomic E-state index is 0.0526. The molecular weight excluding hydrogens is 314 g/mol. The molecule has 0 aliphatic carbocycles. The van der Waals surface area contributed by atoms with Gasteiger partial charge in [-0.3, -0.25) is 4.79 Å². The molecule has 2 rings (SSSR count). The number of ether oxygens (including phenoxy) is 1. The lowest BCUT2D eigenvalue weighted by molar-refractivity contribution is -0.132. The molecule has 0 bridgehead atoms. The van der Waals surface area contributed by atoms with Crippen LogP contribution in [0.2, 0.25) is 0 Å². The molecule has 25 heavy (non-hydrogen) atoms. The zero-order valence-electron chi connectivity index (χ0n) is 15.5. The van der Waals surface area contributed by atoms with E-state index in [0.717, 1.165) is 29.8 Å².